The second-order valence-corrected chi connectivity index (χ2v) is 3.07. The van der Waals surface area contributed by atoms with Crippen molar-refractivity contribution in [1.29, 1.82) is 0 Å². The molecule has 0 aromatic heterocycles. The summed E-state index contributed by atoms with van der Waals surface area (Å²) in [7, 11) is 1.60. The quantitative estimate of drug-likeness (QED) is 0.643. The Morgan fingerprint density at radius 3 is 3.27 bits per heavy atom. The van der Waals surface area contributed by atoms with Gasteiger partial charge in [-0.15, -0.1) is 11.8 Å². The fraction of sp³-hybridized carbons (Fsp3) is 0.333. The summed E-state index contributed by atoms with van der Waals surface area (Å²) < 4.78 is 19.8. The van der Waals surface area contributed by atoms with E-state index in [-0.39, 0.29) is 0 Å². The van der Waals surface area contributed by atoms with Gasteiger partial charge in [0.1, 0.15) is 5.75 Å². The molecule has 0 amide bonds. The van der Waals surface area contributed by atoms with Gasteiger partial charge in [0.25, 0.3) is 0 Å². The van der Waals surface area contributed by atoms with Crippen LogP contribution in [0.4, 0.5) is 0 Å². The summed E-state index contributed by atoms with van der Waals surface area (Å²) in [5, 5.41) is 0. The average molecular weight is 169 g/mol. The molecular weight excluding hydrogens is 156 g/mol. The fourth-order valence-corrected chi connectivity index (χ4v) is 1.34. The van der Waals surface area contributed by atoms with E-state index in [2.05, 4.69) is 0 Å². The SMILES string of the molecule is [1H][C@@]([2H])(C)Sc1cccc(OC)c1. The molecule has 0 saturated carbocycles. The maximum absolute atomic E-state index is 7.39. The second kappa shape index (κ2) is 4.29. The van der Waals surface area contributed by atoms with E-state index in [1.54, 1.807) is 7.11 Å². The Morgan fingerprint density at radius 1 is 1.82 bits per heavy atom. The summed E-state index contributed by atoms with van der Waals surface area (Å²) in [5.41, 5.74) is -1.24. The van der Waals surface area contributed by atoms with Crippen LogP contribution in [0.1, 0.15) is 9.67 Å². The van der Waals surface area contributed by atoms with Gasteiger partial charge < -0.3 is 4.74 Å². The van der Waals surface area contributed by atoms with Crippen LogP contribution in [0.2, 0.25) is 0 Å². The van der Waals surface area contributed by atoms with Crippen molar-refractivity contribution in [3.8, 4) is 5.75 Å². The molecule has 1 rings (SSSR count). The molecule has 0 radical (unpaired) electrons. The van der Waals surface area contributed by atoms with Crippen molar-refractivity contribution >= 4 is 11.8 Å². The molecular formula is C9H12OS. The van der Waals surface area contributed by atoms with Crippen molar-refractivity contribution in [2.75, 3.05) is 12.8 Å². The largest absolute Gasteiger partial charge is 0.497 e. The summed E-state index contributed by atoms with van der Waals surface area (Å²) >= 11 is 1.18. The average Bonchev–Trinajstić information content (AvgIpc) is 2.01. The number of hydrogen-bond acceptors (Lipinski definition) is 2. The Kier molecular flexibility index (Phi) is 2.32. The first-order chi connectivity index (χ1) is 6.01. The summed E-state index contributed by atoms with van der Waals surface area (Å²) in [5.74, 6) is 0.759. The Balaban J connectivity index is 2.78. The molecule has 0 N–H and O–H groups in total. The monoisotopic (exact) mass is 169 g/mol. The summed E-state index contributed by atoms with van der Waals surface area (Å²) in [6.07, 6.45) is 0. The van der Waals surface area contributed by atoms with Crippen LogP contribution in [0.5, 0.6) is 5.75 Å². The molecule has 0 bridgehead atoms. The highest BCUT2D eigenvalue weighted by Gasteiger charge is 1.93. The minimum absolute atomic E-state index is 0.759. The lowest BCUT2D eigenvalue weighted by Crippen LogP contribution is -1.81. The Bertz CT molecular complexity index is 283. The van der Waals surface area contributed by atoms with E-state index >= 15 is 0 Å². The lowest BCUT2D eigenvalue weighted by Gasteiger charge is -2.01. The maximum Gasteiger partial charge on any atom is 0.119 e. The van der Waals surface area contributed by atoms with Crippen molar-refractivity contribution in [3.05, 3.63) is 24.3 Å². The third-order valence-electron chi connectivity index (χ3n) is 1.26. The van der Waals surface area contributed by atoms with Gasteiger partial charge in [-0.05, 0) is 23.9 Å². The smallest absolute Gasteiger partial charge is 0.119 e. The molecule has 0 aliphatic carbocycles. The Hall–Kier alpha value is -0.630. The number of hydrogen-bond donors (Lipinski definition) is 0. The van der Waals surface area contributed by atoms with Crippen LogP contribution in [0, 0.1) is 0 Å². The summed E-state index contributed by atoms with van der Waals surface area (Å²) in [6, 6.07) is 7.39. The number of ether oxygens (including phenoxy) is 1. The minimum atomic E-state index is -1.24. The van der Waals surface area contributed by atoms with Crippen LogP contribution >= 0.6 is 11.8 Å². The van der Waals surface area contributed by atoms with E-state index in [0.29, 0.717) is 0 Å². The van der Waals surface area contributed by atoms with Crippen molar-refractivity contribution in [2.24, 2.45) is 0 Å². The third kappa shape index (κ3) is 2.46. The van der Waals surface area contributed by atoms with Crippen molar-refractivity contribution in [2.45, 2.75) is 11.8 Å². The molecule has 0 aliphatic heterocycles. The van der Waals surface area contributed by atoms with Gasteiger partial charge in [0.15, 0.2) is 0 Å². The number of thioether (sulfide) groups is 1. The van der Waals surface area contributed by atoms with Gasteiger partial charge in [-0.3, -0.25) is 0 Å². The third-order valence-corrected chi connectivity index (χ3v) is 1.95. The van der Waals surface area contributed by atoms with Crippen LogP contribution in [-0.4, -0.2) is 12.8 Å². The van der Waals surface area contributed by atoms with E-state index in [9.17, 15) is 0 Å². The molecule has 0 fully saturated rings. The molecule has 1 aromatic carbocycles. The second-order valence-electron chi connectivity index (χ2n) is 1.99. The number of benzene rings is 1. The molecule has 1 aromatic rings. The minimum Gasteiger partial charge on any atom is -0.497 e. The lowest BCUT2D eigenvalue weighted by atomic mass is 10.3. The maximum atomic E-state index is 7.39. The van der Waals surface area contributed by atoms with Gasteiger partial charge in [0.05, 0.1) is 7.11 Å². The van der Waals surface area contributed by atoms with Gasteiger partial charge in [-0.2, -0.15) is 0 Å². The molecule has 2 heteroatoms. The molecule has 0 spiro atoms. The molecule has 60 valence electrons. The van der Waals surface area contributed by atoms with Crippen LogP contribution in [0.15, 0.2) is 29.2 Å². The normalized spacial score (nSPS) is 18.0. The predicted molar refractivity (Wildman–Crippen MR) is 49.4 cm³/mol. The van der Waals surface area contributed by atoms with Crippen LogP contribution < -0.4 is 4.74 Å². The van der Waals surface area contributed by atoms with Gasteiger partial charge in [-0.1, -0.05) is 13.0 Å². The number of methoxy groups -OCH3 is 1. The highest BCUT2D eigenvalue weighted by molar-refractivity contribution is 7.99. The zero-order valence-corrected chi connectivity index (χ0v) is 7.44. The predicted octanol–water partition coefficient (Wildman–Crippen LogP) is 2.81. The van der Waals surface area contributed by atoms with Crippen LogP contribution in [-0.2, 0) is 0 Å². The molecule has 0 saturated heterocycles. The molecule has 0 aliphatic rings. The van der Waals surface area contributed by atoms with Crippen LogP contribution in [0.25, 0.3) is 0 Å². The van der Waals surface area contributed by atoms with Gasteiger partial charge in [-0.25, -0.2) is 0 Å². The highest BCUT2D eigenvalue weighted by atomic mass is 32.2. The zero-order valence-electron chi connectivity index (χ0n) is 8.63. The van der Waals surface area contributed by atoms with Gasteiger partial charge in [0, 0.05) is 7.64 Å². The summed E-state index contributed by atoms with van der Waals surface area (Å²) in [6.45, 7) is 1.54. The molecule has 0 heterocycles. The van der Waals surface area contributed by atoms with E-state index in [4.69, 9.17) is 7.48 Å². The van der Waals surface area contributed by atoms with E-state index in [0.717, 1.165) is 10.6 Å². The first kappa shape index (κ1) is 5.95. The van der Waals surface area contributed by atoms with E-state index in [1.807, 2.05) is 24.3 Å². The number of rotatable bonds is 3. The lowest BCUT2D eigenvalue weighted by molar-refractivity contribution is 0.413. The standard InChI is InChI=1S/C9H12OS/c1-3-11-9-6-4-5-8(7-9)10-2/h4-7H,3H2,1-2H3/i3DH/t3-/m1/s1. The van der Waals surface area contributed by atoms with E-state index < -0.39 is 5.70 Å². The molecule has 1 nitrogen and oxygen atoms in total. The highest BCUT2D eigenvalue weighted by Crippen LogP contribution is 2.21. The topological polar surface area (TPSA) is 9.23 Å². The Labute approximate surface area is 74.6 Å². The molecule has 11 heavy (non-hydrogen) atoms. The molecule has 1 atom stereocenters. The van der Waals surface area contributed by atoms with Gasteiger partial charge in [0.2, 0.25) is 0 Å². The summed E-state index contributed by atoms with van der Waals surface area (Å²) in [4.78, 5) is 0.881. The molecule has 0 unspecified atom stereocenters. The van der Waals surface area contributed by atoms with Crippen molar-refractivity contribution in [1.82, 2.24) is 0 Å². The van der Waals surface area contributed by atoms with E-state index in [1.165, 1.54) is 18.7 Å². The fourth-order valence-electron chi connectivity index (χ4n) is 0.783. The van der Waals surface area contributed by atoms with Crippen molar-refractivity contribution in [3.63, 3.8) is 0 Å². The van der Waals surface area contributed by atoms with Crippen LogP contribution in [0.3, 0.4) is 0 Å². The van der Waals surface area contributed by atoms with Gasteiger partial charge >= 0.3 is 0 Å². The van der Waals surface area contributed by atoms with Crippen molar-refractivity contribution < 1.29 is 7.48 Å². The Morgan fingerprint density at radius 2 is 2.64 bits per heavy atom. The first-order valence-corrected chi connectivity index (χ1v) is 4.16. The zero-order chi connectivity index (χ0) is 9.90. The first-order valence-electron chi connectivity index (χ1n) is 4.34.